The molecule has 0 unspecified atom stereocenters. The molecule has 2 nitrogen and oxygen atoms in total. The highest BCUT2D eigenvalue weighted by Gasteiger charge is 2.16. The third-order valence-corrected chi connectivity index (χ3v) is 5.42. The Balaban J connectivity index is 2.29. The molecule has 0 radical (unpaired) electrons. The van der Waals surface area contributed by atoms with E-state index in [4.69, 9.17) is 11.6 Å². The average molecular weight is 322 g/mol. The summed E-state index contributed by atoms with van der Waals surface area (Å²) in [5.41, 5.74) is 0.366. The van der Waals surface area contributed by atoms with Crippen LogP contribution in [0.3, 0.4) is 0 Å². The largest absolute Gasteiger partial charge is 0.357 e. The first-order chi connectivity index (χ1) is 9.02. The first-order valence-corrected chi connectivity index (χ1v) is 8.03. The highest BCUT2D eigenvalue weighted by atomic mass is 35.5. The molecule has 0 bridgehead atoms. The van der Waals surface area contributed by atoms with Crippen molar-refractivity contribution in [3.63, 3.8) is 0 Å². The number of benzene rings is 1. The minimum Gasteiger partial charge on any atom is -0.357 e. The SMILES string of the molecule is CCN(Cc1ccc(F)cc1F)c1ssc(=O)c1Cl. The van der Waals surface area contributed by atoms with E-state index in [1.54, 1.807) is 4.90 Å². The summed E-state index contributed by atoms with van der Waals surface area (Å²) in [7, 11) is 2.31. The van der Waals surface area contributed by atoms with Crippen molar-refractivity contribution in [1.82, 2.24) is 0 Å². The van der Waals surface area contributed by atoms with Crippen molar-refractivity contribution >= 4 is 37.3 Å². The second kappa shape index (κ2) is 5.98. The minimum absolute atomic E-state index is 0.166. The lowest BCUT2D eigenvalue weighted by Gasteiger charge is -2.21. The Bertz CT molecular complexity index is 641. The highest BCUT2D eigenvalue weighted by Crippen LogP contribution is 2.32. The number of anilines is 1. The summed E-state index contributed by atoms with van der Waals surface area (Å²) < 4.78 is 26.3. The Hall–Kier alpha value is -0.980. The van der Waals surface area contributed by atoms with Gasteiger partial charge in [0.25, 0.3) is 4.74 Å². The molecule has 0 N–H and O–H groups in total. The van der Waals surface area contributed by atoms with Crippen LogP contribution in [0.2, 0.25) is 5.02 Å². The number of halogens is 3. The Kier molecular flexibility index (Phi) is 4.54. The maximum atomic E-state index is 13.6. The standard InChI is InChI=1S/C12H10ClF2NOS2/c1-2-16(11-10(13)12(17)19-18-11)6-7-3-4-8(14)5-9(7)15/h3-5H,2,6H2,1H3. The smallest absolute Gasteiger partial charge is 0.263 e. The summed E-state index contributed by atoms with van der Waals surface area (Å²) in [6, 6.07) is 3.46. The lowest BCUT2D eigenvalue weighted by atomic mass is 10.2. The van der Waals surface area contributed by atoms with Gasteiger partial charge in [-0.15, -0.1) is 0 Å². The third kappa shape index (κ3) is 3.13. The summed E-state index contributed by atoms with van der Waals surface area (Å²) in [4.78, 5) is 13.2. The molecule has 102 valence electrons. The van der Waals surface area contributed by atoms with Gasteiger partial charge < -0.3 is 4.90 Å². The number of nitrogens with zero attached hydrogens (tertiary/aromatic N) is 1. The van der Waals surface area contributed by atoms with Crippen LogP contribution in [0.4, 0.5) is 13.8 Å². The molecular weight excluding hydrogens is 312 g/mol. The lowest BCUT2D eigenvalue weighted by molar-refractivity contribution is 0.570. The molecule has 19 heavy (non-hydrogen) atoms. The molecule has 0 aliphatic carbocycles. The quantitative estimate of drug-likeness (QED) is 0.789. The van der Waals surface area contributed by atoms with E-state index in [-0.39, 0.29) is 16.3 Å². The summed E-state index contributed by atoms with van der Waals surface area (Å²) in [6.45, 7) is 2.70. The molecule has 1 aromatic carbocycles. The topological polar surface area (TPSA) is 20.3 Å². The molecule has 2 rings (SSSR count). The van der Waals surface area contributed by atoms with Crippen LogP contribution in [0.1, 0.15) is 12.5 Å². The van der Waals surface area contributed by atoms with Crippen molar-refractivity contribution in [2.45, 2.75) is 13.5 Å². The van der Waals surface area contributed by atoms with Gasteiger partial charge in [0.1, 0.15) is 21.7 Å². The van der Waals surface area contributed by atoms with E-state index in [9.17, 15) is 13.6 Å². The van der Waals surface area contributed by atoms with Crippen LogP contribution in [0.25, 0.3) is 0 Å². The van der Waals surface area contributed by atoms with Crippen LogP contribution in [0.15, 0.2) is 23.0 Å². The van der Waals surface area contributed by atoms with Crippen molar-refractivity contribution in [2.24, 2.45) is 0 Å². The fraction of sp³-hybridized carbons (Fsp3) is 0.250. The van der Waals surface area contributed by atoms with Gasteiger partial charge in [-0.25, -0.2) is 8.78 Å². The summed E-state index contributed by atoms with van der Waals surface area (Å²) in [6.07, 6.45) is 0. The normalized spacial score (nSPS) is 10.7. The van der Waals surface area contributed by atoms with Gasteiger partial charge >= 0.3 is 0 Å². The second-order valence-electron chi connectivity index (χ2n) is 3.82. The van der Waals surface area contributed by atoms with Crippen LogP contribution in [0.5, 0.6) is 0 Å². The molecule has 0 aliphatic rings. The first kappa shape index (κ1) is 14.4. The molecule has 0 amide bonds. The maximum absolute atomic E-state index is 13.6. The Morgan fingerprint density at radius 3 is 2.58 bits per heavy atom. The van der Waals surface area contributed by atoms with E-state index in [1.165, 1.54) is 22.5 Å². The number of rotatable bonds is 4. The molecule has 2 aromatic rings. The van der Waals surface area contributed by atoms with Gasteiger partial charge in [-0.3, -0.25) is 4.79 Å². The molecule has 7 heteroatoms. The predicted octanol–water partition coefficient (Wildman–Crippen LogP) is 4.13. The van der Waals surface area contributed by atoms with Crippen LogP contribution in [-0.4, -0.2) is 6.54 Å². The van der Waals surface area contributed by atoms with Crippen molar-refractivity contribution in [1.29, 1.82) is 0 Å². The van der Waals surface area contributed by atoms with Crippen molar-refractivity contribution in [2.75, 3.05) is 11.4 Å². The fourth-order valence-electron chi connectivity index (χ4n) is 1.61. The number of hydrogen-bond acceptors (Lipinski definition) is 4. The van der Waals surface area contributed by atoms with Crippen molar-refractivity contribution in [3.05, 3.63) is 50.0 Å². The van der Waals surface area contributed by atoms with Gasteiger partial charge in [-0.2, -0.15) is 0 Å². The van der Waals surface area contributed by atoms with E-state index < -0.39 is 11.6 Å². The number of hydrogen-bond donors (Lipinski definition) is 0. The molecule has 1 aromatic heterocycles. The molecule has 0 saturated heterocycles. The lowest BCUT2D eigenvalue weighted by Crippen LogP contribution is -2.22. The van der Waals surface area contributed by atoms with E-state index in [1.807, 2.05) is 6.92 Å². The van der Waals surface area contributed by atoms with Gasteiger partial charge in [-0.1, -0.05) is 28.0 Å². The van der Waals surface area contributed by atoms with E-state index in [2.05, 4.69) is 0 Å². The maximum Gasteiger partial charge on any atom is 0.263 e. The molecule has 0 spiro atoms. The summed E-state index contributed by atoms with van der Waals surface area (Å²) in [5.74, 6) is -1.21. The zero-order valence-corrected chi connectivity index (χ0v) is 12.3. The molecule has 0 fully saturated rings. The molecule has 0 atom stereocenters. The molecular formula is C12H10ClF2NOS2. The van der Waals surface area contributed by atoms with Crippen molar-refractivity contribution < 1.29 is 8.78 Å². The highest BCUT2D eigenvalue weighted by molar-refractivity contribution is 7.70. The van der Waals surface area contributed by atoms with Gasteiger partial charge in [-0.05, 0) is 23.3 Å². The molecule has 0 aliphatic heterocycles. The Morgan fingerprint density at radius 1 is 1.32 bits per heavy atom. The second-order valence-corrected chi connectivity index (χ2v) is 6.29. The molecule has 0 saturated carbocycles. The first-order valence-electron chi connectivity index (χ1n) is 5.50. The zero-order valence-electron chi connectivity index (χ0n) is 9.95. The van der Waals surface area contributed by atoms with Gasteiger partial charge in [0.2, 0.25) is 0 Å². The minimum atomic E-state index is -0.609. The fourth-order valence-corrected chi connectivity index (χ4v) is 4.37. The Labute approximate surface area is 121 Å². The summed E-state index contributed by atoms with van der Waals surface area (Å²) >= 11 is 5.93. The van der Waals surface area contributed by atoms with E-state index >= 15 is 0 Å². The van der Waals surface area contributed by atoms with Crippen LogP contribution >= 0.6 is 32.3 Å². The third-order valence-electron chi connectivity index (χ3n) is 2.61. The predicted molar refractivity (Wildman–Crippen MR) is 76.6 cm³/mol. The van der Waals surface area contributed by atoms with Crippen LogP contribution < -0.4 is 9.64 Å². The zero-order chi connectivity index (χ0) is 14.0. The van der Waals surface area contributed by atoms with Crippen LogP contribution in [-0.2, 0) is 6.54 Å². The van der Waals surface area contributed by atoms with Gasteiger partial charge in [0, 0.05) is 24.7 Å². The molecule has 1 heterocycles. The monoisotopic (exact) mass is 321 g/mol. The Morgan fingerprint density at radius 2 is 2.05 bits per heavy atom. The van der Waals surface area contributed by atoms with E-state index in [0.717, 1.165) is 16.4 Å². The van der Waals surface area contributed by atoms with Crippen molar-refractivity contribution in [3.8, 4) is 0 Å². The van der Waals surface area contributed by atoms with E-state index in [0.29, 0.717) is 17.1 Å². The summed E-state index contributed by atoms with van der Waals surface area (Å²) in [5, 5.41) is 0.794. The van der Waals surface area contributed by atoms with Gasteiger partial charge in [0.05, 0.1) is 0 Å². The average Bonchev–Trinajstić information content (AvgIpc) is 2.70. The van der Waals surface area contributed by atoms with Gasteiger partial charge in [0.15, 0.2) is 0 Å². The van der Waals surface area contributed by atoms with Crippen LogP contribution in [0, 0.1) is 11.6 Å².